The van der Waals surface area contributed by atoms with Crippen molar-refractivity contribution in [2.75, 3.05) is 5.75 Å². The molecule has 2 rings (SSSR count). The molecule has 0 fully saturated rings. The summed E-state index contributed by atoms with van der Waals surface area (Å²) < 4.78 is 0. The number of rotatable bonds is 5. The number of amides is 1. The third-order valence-corrected chi connectivity index (χ3v) is 5.19. The summed E-state index contributed by atoms with van der Waals surface area (Å²) in [5.74, 6) is -0.842. The Hall–Kier alpha value is -2.04. The molecule has 3 N–H and O–H groups in total. The van der Waals surface area contributed by atoms with Gasteiger partial charge in [0, 0.05) is 16.1 Å². The van der Waals surface area contributed by atoms with Gasteiger partial charge in [-0.05, 0) is 25.3 Å². The number of carbonyl (C=O) groups is 2. The second-order valence-electron chi connectivity index (χ2n) is 4.78. The van der Waals surface area contributed by atoms with Gasteiger partial charge in [-0.25, -0.2) is 0 Å². The maximum Gasteiger partial charge on any atom is 0.227 e. The normalized spacial score (nSPS) is 18.0. The number of nitrogens with two attached hydrogens (primary N) is 1. The Morgan fingerprint density at radius 2 is 2.27 bits per heavy atom. The van der Waals surface area contributed by atoms with Gasteiger partial charge in [0.1, 0.15) is 0 Å². The van der Waals surface area contributed by atoms with E-state index in [0.717, 1.165) is 4.88 Å². The van der Waals surface area contributed by atoms with Crippen molar-refractivity contribution in [1.29, 1.82) is 5.26 Å². The molecule has 7 heteroatoms. The molecule has 5 nitrogen and oxygen atoms in total. The lowest BCUT2D eigenvalue weighted by molar-refractivity contribution is -0.115. The van der Waals surface area contributed by atoms with E-state index in [4.69, 9.17) is 5.73 Å². The van der Waals surface area contributed by atoms with Crippen LogP contribution in [0.5, 0.6) is 0 Å². The molecular weight excluding hydrogens is 318 g/mol. The lowest BCUT2D eigenvalue weighted by Gasteiger charge is -2.28. The van der Waals surface area contributed by atoms with Gasteiger partial charge in [0.25, 0.3) is 0 Å². The molecule has 0 radical (unpaired) electrons. The maximum absolute atomic E-state index is 12.0. The predicted octanol–water partition coefficient (Wildman–Crippen LogP) is 2.25. The van der Waals surface area contributed by atoms with Gasteiger partial charge in [-0.3, -0.25) is 9.59 Å². The van der Waals surface area contributed by atoms with E-state index in [1.807, 2.05) is 17.5 Å². The average molecular weight is 333 g/mol. The molecule has 114 valence electrons. The number of nitrogens with zero attached hydrogens (tertiary/aromatic N) is 1. The van der Waals surface area contributed by atoms with E-state index < -0.39 is 5.91 Å². The lowest BCUT2D eigenvalue weighted by Crippen LogP contribution is -2.27. The third-order valence-electron chi connectivity index (χ3n) is 3.21. The fraction of sp³-hybridized carbons (Fsp3) is 0.267. The quantitative estimate of drug-likeness (QED) is 0.861. The Bertz CT molecular complexity index is 712. The molecule has 1 aromatic heterocycles. The number of ketones is 1. The highest BCUT2D eigenvalue weighted by Crippen LogP contribution is 2.42. The summed E-state index contributed by atoms with van der Waals surface area (Å²) in [4.78, 5) is 24.0. The highest BCUT2D eigenvalue weighted by Gasteiger charge is 2.33. The van der Waals surface area contributed by atoms with E-state index in [1.54, 1.807) is 6.92 Å². The van der Waals surface area contributed by atoms with Gasteiger partial charge in [-0.2, -0.15) is 5.26 Å². The number of thiophene rings is 1. The molecule has 0 aromatic carbocycles. The van der Waals surface area contributed by atoms with E-state index in [1.165, 1.54) is 30.0 Å². The van der Waals surface area contributed by atoms with Crippen LogP contribution < -0.4 is 11.1 Å². The van der Waals surface area contributed by atoms with Gasteiger partial charge in [0.2, 0.25) is 5.91 Å². The summed E-state index contributed by atoms with van der Waals surface area (Å²) in [6.07, 6.45) is 0. The number of hydrogen-bond donors (Lipinski definition) is 2. The van der Waals surface area contributed by atoms with E-state index in [9.17, 15) is 14.9 Å². The molecule has 1 atom stereocenters. The summed E-state index contributed by atoms with van der Waals surface area (Å²) in [6, 6.07) is 5.98. The number of dihydropyridines is 1. The molecule has 1 aromatic rings. The lowest BCUT2D eigenvalue weighted by atomic mass is 9.85. The van der Waals surface area contributed by atoms with Gasteiger partial charge in [-0.15, -0.1) is 11.3 Å². The number of primary amides is 1. The van der Waals surface area contributed by atoms with Crippen LogP contribution in [0.1, 0.15) is 24.6 Å². The van der Waals surface area contributed by atoms with E-state index in [-0.39, 0.29) is 17.5 Å². The molecule has 0 unspecified atom stereocenters. The summed E-state index contributed by atoms with van der Waals surface area (Å²) in [5, 5.41) is 15.1. The van der Waals surface area contributed by atoms with Crippen LogP contribution in [-0.2, 0) is 9.59 Å². The minimum atomic E-state index is -0.455. The topological polar surface area (TPSA) is 96.0 Å². The zero-order chi connectivity index (χ0) is 16.3. The average Bonchev–Trinajstić information content (AvgIpc) is 2.97. The van der Waals surface area contributed by atoms with E-state index in [0.29, 0.717) is 21.9 Å². The molecule has 1 amide bonds. The van der Waals surface area contributed by atoms with Gasteiger partial charge in [-0.1, -0.05) is 17.8 Å². The highest BCUT2D eigenvalue weighted by molar-refractivity contribution is 8.03. The van der Waals surface area contributed by atoms with Crippen LogP contribution in [0.25, 0.3) is 0 Å². The first-order chi connectivity index (χ1) is 10.5. The smallest absolute Gasteiger partial charge is 0.227 e. The van der Waals surface area contributed by atoms with Crippen molar-refractivity contribution in [3.05, 3.63) is 44.3 Å². The first kappa shape index (κ1) is 16.3. The Morgan fingerprint density at radius 3 is 2.77 bits per heavy atom. The zero-order valence-corrected chi connectivity index (χ0v) is 13.8. The van der Waals surface area contributed by atoms with Crippen LogP contribution in [0, 0.1) is 11.3 Å². The minimum Gasteiger partial charge on any atom is -0.369 e. The number of thioether (sulfide) groups is 1. The summed E-state index contributed by atoms with van der Waals surface area (Å²) in [5.41, 5.74) is 6.92. The Morgan fingerprint density at radius 1 is 1.55 bits per heavy atom. The molecular formula is C15H15N3O2S2. The molecule has 2 heterocycles. The van der Waals surface area contributed by atoms with Crippen LogP contribution in [0.2, 0.25) is 0 Å². The number of nitriles is 1. The van der Waals surface area contributed by atoms with Crippen molar-refractivity contribution >= 4 is 34.8 Å². The Labute approximate surface area is 136 Å². The van der Waals surface area contributed by atoms with E-state index in [2.05, 4.69) is 11.4 Å². The monoisotopic (exact) mass is 333 g/mol. The van der Waals surface area contributed by atoms with Crippen molar-refractivity contribution in [2.45, 2.75) is 19.8 Å². The van der Waals surface area contributed by atoms with Gasteiger partial charge < -0.3 is 11.1 Å². The molecule has 0 spiro atoms. The number of carbonyl (C=O) groups excluding carboxylic acids is 2. The third kappa shape index (κ3) is 3.24. The summed E-state index contributed by atoms with van der Waals surface area (Å²) >= 11 is 2.69. The summed E-state index contributed by atoms with van der Waals surface area (Å²) in [7, 11) is 0. The second-order valence-corrected chi connectivity index (χ2v) is 6.74. The van der Waals surface area contributed by atoms with Crippen LogP contribution >= 0.6 is 23.1 Å². The van der Waals surface area contributed by atoms with Gasteiger partial charge >= 0.3 is 0 Å². The first-order valence-corrected chi connectivity index (χ1v) is 8.39. The molecule has 1 aliphatic heterocycles. The Balaban J connectivity index is 2.52. The van der Waals surface area contributed by atoms with Crippen molar-refractivity contribution in [2.24, 2.45) is 5.73 Å². The molecule has 22 heavy (non-hydrogen) atoms. The first-order valence-electron chi connectivity index (χ1n) is 6.53. The summed E-state index contributed by atoms with van der Waals surface area (Å²) in [6.45, 7) is 3.30. The number of allylic oxidation sites excluding steroid dienone is 3. The highest BCUT2D eigenvalue weighted by atomic mass is 32.2. The van der Waals surface area contributed by atoms with Crippen LogP contribution in [0.3, 0.4) is 0 Å². The minimum absolute atomic E-state index is 0.0740. The molecule has 0 bridgehead atoms. The van der Waals surface area contributed by atoms with Crippen molar-refractivity contribution in [3.8, 4) is 6.07 Å². The van der Waals surface area contributed by atoms with Crippen molar-refractivity contribution in [1.82, 2.24) is 5.32 Å². The zero-order valence-electron chi connectivity index (χ0n) is 12.2. The Kier molecular flexibility index (Phi) is 5.06. The predicted molar refractivity (Wildman–Crippen MR) is 87.9 cm³/mol. The number of hydrogen-bond acceptors (Lipinski definition) is 6. The van der Waals surface area contributed by atoms with Gasteiger partial charge in [0.05, 0.1) is 28.3 Å². The van der Waals surface area contributed by atoms with Crippen molar-refractivity contribution < 1.29 is 9.59 Å². The second kappa shape index (κ2) is 6.81. The van der Waals surface area contributed by atoms with Crippen molar-refractivity contribution in [3.63, 3.8) is 0 Å². The number of Topliss-reactive ketones (excluding diaryl/α,β-unsaturated/α-hetero) is 1. The molecule has 0 aliphatic carbocycles. The van der Waals surface area contributed by atoms with E-state index >= 15 is 0 Å². The fourth-order valence-corrected chi connectivity index (χ4v) is 4.05. The van der Waals surface area contributed by atoms with Gasteiger partial charge in [0.15, 0.2) is 5.78 Å². The molecule has 0 saturated carbocycles. The maximum atomic E-state index is 12.0. The van der Waals surface area contributed by atoms with Crippen LogP contribution in [0.15, 0.2) is 39.4 Å². The standard InChI is InChI=1S/C15H15N3O2S2/c1-8-13(9(2)19)14(11-4-3-5-21-11)10(6-16)15(18-8)22-7-12(17)20/h3-5,14,18H,7H2,1-2H3,(H2,17,20)/t14-/m0/s1. The molecule has 0 saturated heterocycles. The van der Waals surface area contributed by atoms with Crippen LogP contribution in [0.4, 0.5) is 0 Å². The molecule has 1 aliphatic rings. The number of nitrogens with one attached hydrogen (secondary N) is 1. The SMILES string of the molecule is CC(=O)C1=C(C)NC(SCC(N)=O)=C(C#N)[C@H]1c1cccs1. The van der Waals surface area contributed by atoms with Crippen LogP contribution in [-0.4, -0.2) is 17.4 Å². The largest absolute Gasteiger partial charge is 0.369 e. The fourth-order valence-electron chi connectivity index (χ4n) is 2.38.